The molecule has 4 atom stereocenters. The minimum Gasteiger partial charge on any atom is -0.394 e. The van der Waals surface area contributed by atoms with E-state index in [-0.39, 0.29) is 12.2 Å². The maximum atomic E-state index is 10.0. The van der Waals surface area contributed by atoms with E-state index in [1.165, 1.54) is 0 Å². The van der Waals surface area contributed by atoms with Gasteiger partial charge < -0.3 is 34.1 Å². The molecule has 0 aliphatic carbocycles. The summed E-state index contributed by atoms with van der Waals surface area (Å²) in [6.07, 6.45) is -4.68. The van der Waals surface area contributed by atoms with Crippen LogP contribution >= 0.6 is 0 Å². The Morgan fingerprint density at radius 1 is 1.04 bits per heavy atom. The van der Waals surface area contributed by atoms with Crippen molar-refractivity contribution >= 4 is 0 Å². The molecule has 0 amide bonds. The van der Waals surface area contributed by atoms with Crippen LogP contribution in [-0.2, 0) is 14.2 Å². The van der Waals surface area contributed by atoms with Crippen LogP contribution in [0.2, 0.25) is 0 Å². The maximum Gasteiger partial charge on any atom is 0.258 e. The van der Waals surface area contributed by atoms with Crippen molar-refractivity contribution in [2.45, 2.75) is 30.7 Å². The van der Waals surface area contributed by atoms with Gasteiger partial charge in [-0.05, 0) is 0 Å². The van der Waals surface area contributed by atoms with E-state index in [0.717, 1.165) is 5.56 Å². The van der Waals surface area contributed by atoms with Gasteiger partial charge in [0.05, 0.1) is 19.8 Å². The number of benzene rings is 1. The summed E-state index contributed by atoms with van der Waals surface area (Å²) in [5, 5.41) is 32.8. The summed E-state index contributed by atoms with van der Waals surface area (Å²) in [7, 11) is 0. The predicted octanol–water partition coefficient (Wildman–Crippen LogP) is -0.0640. The summed E-state index contributed by atoms with van der Waals surface area (Å²) >= 11 is 0. The molecule has 2 aliphatic rings. The second-order valence-electron chi connectivity index (χ2n) is 5.91. The molecule has 2 aliphatic heterocycles. The van der Waals surface area contributed by atoms with Gasteiger partial charge in [-0.1, -0.05) is 29.4 Å². The van der Waals surface area contributed by atoms with E-state index >= 15 is 0 Å². The molecule has 2 fully saturated rings. The summed E-state index contributed by atoms with van der Waals surface area (Å²) in [6, 6.07) is 7.33. The maximum absolute atomic E-state index is 10.0. The van der Waals surface area contributed by atoms with Crippen molar-refractivity contribution in [1.29, 1.82) is 0 Å². The third-order valence-electron chi connectivity index (χ3n) is 4.29. The number of hydrogen-bond donors (Lipinski definition) is 3. The molecular weight excluding hydrogens is 332 g/mol. The fourth-order valence-corrected chi connectivity index (χ4v) is 2.91. The molecule has 2 saturated heterocycles. The van der Waals surface area contributed by atoms with Crippen LogP contribution in [0.15, 0.2) is 28.8 Å². The molecule has 0 bridgehead atoms. The lowest BCUT2D eigenvalue weighted by atomic mass is 10.1. The number of aliphatic hydroxyl groups excluding tert-OH is 3. The summed E-state index contributed by atoms with van der Waals surface area (Å²) < 4.78 is 21.4. The molecule has 0 radical (unpaired) electrons. The van der Waals surface area contributed by atoms with Gasteiger partial charge in [0.15, 0.2) is 12.4 Å². The number of nitrogens with zero attached hydrogens (tertiary/aromatic N) is 2. The Morgan fingerprint density at radius 2 is 1.76 bits per heavy atom. The number of aliphatic hydroxyl groups is 3. The molecule has 1 aromatic carbocycles. The third-order valence-corrected chi connectivity index (χ3v) is 4.29. The molecule has 9 heteroatoms. The monoisotopic (exact) mass is 350 g/mol. The van der Waals surface area contributed by atoms with Gasteiger partial charge in [0, 0.05) is 11.1 Å². The van der Waals surface area contributed by atoms with Crippen LogP contribution in [-0.4, -0.2) is 63.6 Å². The molecule has 0 spiro atoms. The fourth-order valence-electron chi connectivity index (χ4n) is 2.91. The highest BCUT2D eigenvalue weighted by Gasteiger charge is 2.45. The smallest absolute Gasteiger partial charge is 0.258 e. The van der Waals surface area contributed by atoms with Crippen LogP contribution in [0.5, 0.6) is 0 Å². The van der Waals surface area contributed by atoms with E-state index in [9.17, 15) is 10.2 Å². The van der Waals surface area contributed by atoms with Crippen LogP contribution in [0.3, 0.4) is 0 Å². The van der Waals surface area contributed by atoms with Crippen LogP contribution in [0.4, 0.5) is 0 Å². The van der Waals surface area contributed by atoms with Gasteiger partial charge in [-0.15, -0.1) is 0 Å². The first-order chi connectivity index (χ1) is 12.2. The normalized spacial score (nSPS) is 30.2. The zero-order valence-electron chi connectivity index (χ0n) is 13.2. The molecule has 9 nitrogen and oxygen atoms in total. The van der Waals surface area contributed by atoms with E-state index in [1.54, 1.807) is 0 Å². The molecule has 2 aromatic rings. The zero-order valence-corrected chi connectivity index (χ0v) is 13.2. The summed E-state index contributed by atoms with van der Waals surface area (Å²) in [5.41, 5.74) is 1.61. The van der Waals surface area contributed by atoms with E-state index < -0.39 is 31.0 Å². The van der Waals surface area contributed by atoms with Crippen LogP contribution < -0.4 is 0 Å². The van der Waals surface area contributed by atoms with Gasteiger partial charge in [-0.2, -0.15) is 4.98 Å². The number of hydrogen-bond acceptors (Lipinski definition) is 9. The first-order valence-corrected chi connectivity index (χ1v) is 7.97. The van der Waals surface area contributed by atoms with Crippen molar-refractivity contribution in [1.82, 2.24) is 10.1 Å². The Bertz CT molecular complexity index is 714. The minimum atomic E-state index is -1.25. The Kier molecular flexibility index (Phi) is 4.50. The number of ether oxygens (including phenoxy) is 3. The average Bonchev–Trinajstić information content (AvgIpc) is 3.37. The molecule has 25 heavy (non-hydrogen) atoms. The Hall–Kier alpha value is -1.88. The average molecular weight is 350 g/mol. The fraction of sp³-hybridized carbons (Fsp3) is 0.500. The molecule has 134 valence electrons. The molecule has 3 heterocycles. The van der Waals surface area contributed by atoms with Crippen molar-refractivity contribution < 1.29 is 34.1 Å². The Balaban J connectivity index is 1.51. The van der Waals surface area contributed by atoms with Crippen LogP contribution in [0.1, 0.15) is 23.8 Å². The van der Waals surface area contributed by atoms with Crippen molar-refractivity contribution in [3.8, 4) is 11.4 Å². The van der Waals surface area contributed by atoms with Gasteiger partial charge in [0.2, 0.25) is 5.82 Å². The lowest BCUT2D eigenvalue weighted by molar-refractivity contribution is -0.0441. The highest BCUT2D eigenvalue weighted by molar-refractivity contribution is 5.54. The SMILES string of the molecule is OC[C@H]1O[C@@H](c2nc(-c3ccc(C4OCCO4)cc3)no2)[C@H](O)[C@@H]1O. The summed E-state index contributed by atoms with van der Waals surface area (Å²) in [4.78, 5) is 4.23. The highest BCUT2D eigenvalue weighted by atomic mass is 16.7. The third kappa shape index (κ3) is 3.06. The van der Waals surface area contributed by atoms with Crippen molar-refractivity contribution in [3.05, 3.63) is 35.7 Å². The van der Waals surface area contributed by atoms with Crippen molar-refractivity contribution in [2.75, 3.05) is 19.8 Å². The van der Waals surface area contributed by atoms with E-state index in [2.05, 4.69) is 10.1 Å². The van der Waals surface area contributed by atoms with Crippen molar-refractivity contribution in [2.24, 2.45) is 0 Å². The van der Waals surface area contributed by atoms with E-state index in [4.69, 9.17) is 23.8 Å². The quantitative estimate of drug-likeness (QED) is 0.694. The minimum absolute atomic E-state index is 0.0454. The second kappa shape index (κ2) is 6.79. The molecule has 4 rings (SSSR count). The largest absolute Gasteiger partial charge is 0.394 e. The van der Waals surface area contributed by atoms with Gasteiger partial charge >= 0.3 is 0 Å². The second-order valence-corrected chi connectivity index (χ2v) is 5.91. The first-order valence-electron chi connectivity index (χ1n) is 7.97. The molecule has 0 unspecified atom stereocenters. The lowest BCUT2D eigenvalue weighted by Gasteiger charge is -2.10. The van der Waals surface area contributed by atoms with E-state index in [0.29, 0.717) is 24.6 Å². The predicted molar refractivity (Wildman–Crippen MR) is 81.1 cm³/mol. The van der Waals surface area contributed by atoms with E-state index in [1.807, 2.05) is 24.3 Å². The Labute approximate surface area is 142 Å². The zero-order chi connectivity index (χ0) is 17.4. The molecular formula is C16H18N2O7. The van der Waals surface area contributed by atoms with Gasteiger partial charge in [0.1, 0.15) is 18.3 Å². The molecule has 0 saturated carbocycles. The summed E-state index contributed by atoms with van der Waals surface area (Å²) in [5.74, 6) is 0.372. The highest BCUT2D eigenvalue weighted by Crippen LogP contribution is 2.33. The first kappa shape index (κ1) is 16.6. The van der Waals surface area contributed by atoms with Gasteiger partial charge in [-0.25, -0.2) is 0 Å². The van der Waals surface area contributed by atoms with Crippen LogP contribution in [0.25, 0.3) is 11.4 Å². The summed E-state index contributed by atoms with van der Waals surface area (Å²) in [6.45, 7) is 0.735. The Morgan fingerprint density at radius 3 is 2.40 bits per heavy atom. The topological polar surface area (TPSA) is 127 Å². The number of rotatable bonds is 4. The molecule has 3 N–H and O–H groups in total. The van der Waals surface area contributed by atoms with Gasteiger partial charge in [0.25, 0.3) is 5.89 Å². The van der Waals surface area contributed by atoms with Gasteiger partial charge in [-0.3, -0.25) is 0 Å². The van der Waals surface area contributed by atoms with Crippen LogP contribution in [0, 0.1) is 0 Å². The lowest BCUT2D eigenvalue weighted by Crippen LogP contribution is -2.32. The standard InChI is InChI=1S/C16H18N2O7/c19-7-10-11(20)12(21)13(24-10)15-17-14(18-25-15)8-1-3-9(4-2-8)16-22-5-6-23-16/h1-4,10-13,16,19-21H,5-7H2/t10-,11-,12-,13-/m1/s1. The molecule has 1 aromatic heterocycles. The number of aromatic nitrogens is 2. The van der Waals surface area contributed by atoms with Crippen molar-refractivity contribution in [3.63, 3.8) is 0 Å².